The molecule has 3 heteroatoms. The van der Waals surface area contributed by atoms with E-state index in [1.807, 2.05) is 11.8 Å². The summed E-state index contributed by atoms with van der Waals surface area (Å²) in [4.78, 5) is 13.7. The minimum Gasteiger partial charge on any atom is -0.369 e. The van der Waals surface area contributed by atoms with Crippen LogP contribution in [0.1, 0.15) is 51.5 Å². The van der Waals surface area contributed by atoms with E-state index in [4.69, 9.17) is 5.73 Å². The summed E-state index contributed by atoms with van der Waals surface area (Å²) in [6.07, 6.45) is 5.31. The molecular weight excluding hydrogens is 362 g/mol. The minimum absolute atomic E-state index is 0.0538. The number of carbonyl (C=O) groups is 1. The van der Waals surface area contributed by atoms with E-state index in [0.717, 1.165) is 25.0 Å². The van der Waals surface area contributed by atoms with Crippen molar-refractivity contribution >= 4 is 17.7 Å². The Balaban J connectivity index is 1.65. The van der Waals surface area contributed by atoms with Crippen molar-refractivity contribution in [2.75, 3.05) is 5.75 Å². The molecule has 4 atom stereocenters. The van der Waals surface area contributed by atoms with Gasteiger partial charge >= 0.3 is 0 Å². The summed E-state index contributed by atoms with van der Waals surface area (Å²) in [6.45, 7) is 4.56. The van der Waals surface area contributed by atoms with Crippen molar-refractivity contribution in [2.45, 2.75) is 56.3 Å². The summed E-state index contributed by atoms with van der Waals surface area (Å²) < 4.78 is 0. The maximum atomic E-state index is 12.4. The minimum atomic E-state index is -0.396. The molecule has 2 aromatic carbocycles. The van der Waals surface area contributed by atoms with Gasteiger partial charge in [0, 0.05) is 16.1 Å². The third kappa shape index (κ3) is 3.74. The largest absolute Gasteiger partial charge is 0.369 e. The normalized spacial score (nSPS) is 34.7. The molecule has 2 aromatic rings. The Morgan fingerprint density at radius 3 is 2.25 bits per heavy atom. The third-order valence-electron chi connectivity index (χ3n) is 7.01. The lowest BCUT2D eigenvalue weighted by Crippen LogP contribution is -2.53. The summed E-state index contributed by atoms with van der Waals surface area (Å²) in [5.74, 6) is 1.55. The molecule has 2 nitrogen and oxygen atoms in total. The van der Waals surface area contributed by atoms with E-state index in [2.05, 4.69) is 74.5 Å². The maximum Gasteiger partial charge on any atom is 0.223 e. The van der Waals surface area contributed by atoms with Crippen LogP contribution in [-0.4, -0.2) is 11.7 Å². The molecule has 1 amide bonds. The van der Waals surface area contributed by atoms with Gasteiger partial charge in [0.25, 0.3) is 0 Å². The van der Waals surface area contributed by atoms with Crippen molar-refractivity contribution in [1.82, 2.24) is 0 Å². The van der Waals surface area contributed by atoms with E-state index in [9.17, 15) is 4.79 Å². The first-order valence-electron chi connectivity index (χ1n) is 10.4. The van der Waals surface area contributed by atoms with Crippen molar-refractivity contribution in [2.24, 2.45) is 22.5 Å². The van der Waals surface area contributed by atoms with Crippen molar-refractivity contribution in [3.05, 3.63) is 66.2 Å². The number of primary amides is 1. The van der Waals surface area contributed by atoms with Crippen LogP contribution in [-0.2, 0) is 10.2 Å². The first kappa shape index (κ1) is 19.6. The Bertz CT molecular complexity index is 838. The molecule has 2 N–H and O–H groups in total. The lowest BCUT2D eigenvalue weighted by atomic mass is 9.47. The van der Waals surface area contributed by atoms with Crippen molar-refractivity contribution in [3.63, 3.8) is 0 Å². The molecule has 0 heterocycles. The highest BCUT2D eigenvalue weighted by Crippen LogP contribution is 2.61. The topological polar surface area (TPSA) is 43.1 Å². The lowest BCUT2D eigenvalue weighted by molar-refractivity contribution is -0.134. The van der Waals surface area contributed by atoms with Crippen LogP contribution in [0.5, 0.6) is 0 Å². The number of thioether (sulfide) groups is 1. The number of rotatable bonds is 5. The van der Waals surface area contributed by atoms with Crippen molar-refractivity contribution in [1.29, 1.82) is 0 Å². The van der Waals surface area contributed by atoms with E-state index in [-0.39, 0.29) is 16.7 Å². The van der Waals surface area contributed by atoms with Crippen molar-refractivity contribution in [3.8, 4) is 0 Å². The molecule has 2 bridgehead atoms. The van der Waals surface area contributed by atoms with E-state index in [1.54, 1.807) is 0 Å². The highest BCUT2D eigenvalue weighted by Gasteiger charge is 2.55. The average Bonchev–Trinajstić information content (AvgIpc) is 2.67. The Hall–Kier alpha value is -1.74. The molecule has 4 unspecified atom stereocenters. The van der Waals surface area contributed by atoms with Gasteiger partial charge in [-0.3, -0.25) is 4.79 Å². The Labute approximate surface area is 173 Å². The molecule has 0 radical (unpaired) electrons. The molecule has 0 aromatic heterocycles. The summed E-state index contributed by atoms with van der Waals surface area (Å²) >= 11 is 1.97. The first-order chi connectivity index (χ1) is 13.3. The number of amides is 1. The lowest BCUT2D eigenvalue weighted by Gasteiger charge is -2.57. The van der Waals surface area contributed by atoms with Gasteiger partial charge in [-0.15, -0.1) is 11.8 Å². The van der Waals surface area contributed by atoms with Gasteiger partial charge in [-0.2, -0.15) is 0 Å². The number of carbonyl (C=O) groups excluding carboxylic acids is 1. The van der Waals surface area contributed by atoms with E-state index < -0.39 is 5.41 Å². The van der Waals surface area contributed by atoms with Crippen LogP contribution in [0.2, 0.25) is 0 Å². The van der Waals surface area contributed by atoms with Gasteiger partial charge in [0.2, 0.25) is 5.91 Å². The highest BCUT2D eigenvalue weighted by atomic mass is 32.2. The van der Waals surface area contributed by atoms with E-state index >= 15 is 0 Å². The van der Waals surface area contributed by atoms with Crippen LogP contribution < -0.4 is 5.73 Å². The number of fused-ring (bicyclic) bond motifs is 2. The Morgan fingerprint density at radius 1 is 0.964 bits per heavy atom. The van der Waals surface area contributed by atoms with Gasteiger partial charge in [0.05, 0.1) is 0 Å². The Morgan fingerprint density at radius 2 is 1.61 bits per heavy atom. The number of hydrogen-bond donors (Lipinski definition) is 1. The van der Waals surface area contributed by atoms with Crippen molar-refractivity contribution < 1.29 is 4.79 Å². The standard InChI is InChI=1S/C25H31NOS/c1-23(18-28-21-11-7-4-8-12-21)13-19-14-24(2,22(26)27)17-25(15-19,16-23)20-9-5-3-6-10-20/h3-12,19H,13-18H2,1-2H3,(H2,26,27). The summed E-state index contributed by atoms with van der Waals surface area (Å²) in [6, 6.07) is 21.6. The molecule has 28 heavy (non-hydrogen) atoms. The van der Waals surface area contributed by atoms with Gasteiger partial charge < -0.3 is 5.73 Å². The van der Waals surface area contributed by atoms with Gasteiger partial charge in [0.15, 0.2) is 0 Å². The number of nitrogens with two attached hydrogens (primary N) is 1. The molecular formula is C25H31NOS. The van der Waals surface area contributed by atoms with E-state index in [0.29, 0.717) is 5.92 Å². The van der Waals surface area contributed by atoms with Gasteiger partial charge in [-0.25, -0.2) is 0 Å². The summed E-state index contributed by atoms with van der Waals surface area (Å²) in [7, 11) is 0. The quantitative estimate of drug-likeness (QED) is 0.652. The fourth-order valence-electron chi connectivity index (χ4n) is 6.20. The zero-order chi connectivity index (χ0) is 19.8. The van der Waals surface area contributed by atoms with Crippen LogP contribution >= 0.6 is 11.8 Å². The van der Waals surface area contributed by atoms with Crippen LogP contribution in [0, 0.1) is 16.7 Å². The second kappa shape index (κ2) is 7.26. The van der Waals surface area contributed by atoms with Gasteiger partial charge in [-0.05, 0) is 66.5 Å². The molecule has 2 fully saturated rings. The van der Waals surface area contributed by atoms with Crippen LogP contribution in [0.25, 0.3) is 0 Å². The smallest absolute Gasteiger partial charge is 0.223 e. The van der Waals surface area contributed by atoms with Crippen LogP contribution in [0.15, 0.2) is 65.6 Å². The third-order valence-corrected chi connectivity index (χ3v) is 8.45. The Kier molecular flexibility index (Phi) is 5.07. The molecule has 0 saturated heterocycles. The average molecular weight is 394 g/mol. The number of hydrogen-bond acceptors (Lipinski definition) is 2. The highest BCUT2D eigenvalue weighted by molar-refractivity contribution is 7.99. The second-order valence-corrected chi connectivity index (χ2v) is 10.9. The zero-order valence-electron chi connectivity index (χ0n) is 17.0. The van der Waals surface area contributed by atoms with Gasteiger partial charge in [-0.1, -0.05) is 62.4 Å². The predicted molar refractivity (Wildman–Crippen MR) is 117 cm³/mol. The molecule has 2 aliphatic rings. The molecule has 4 rings (SSSR count). The van der Waals surface area contributed by atoms with Crippen LogP contribution in [0.4, 0.5) is 0 Å². The molecule has 2 aliphatic carbocycles. The maximum absolute atomic E-state index is 12.4. The molecule has 2 saturated carbocycles. The second-order valence-electron chi connectivity index (χ2n) is 9.82. The first-order valence-corrected chi connectivity index (χ1v) is 11.3. The summed E-state index contributed by atoms with van der Waals surface area (Å²) in [5.41, 5.74) is 7.21. The monoisotopic (exact) mass is 393 g/mol. The molecule has 0 spiro atoms. The predicted octanol–water partition coefficient (Wildman–Crippen LogP) is 5.81. The fourth-order valence-corrected chi connectivity index (χ4v) is 7.29. The molecule has 148 valence electrons. The van der Waals surface area contributed by atoms with Crippen LogP contribution in [0.3, 0.4) is 0 Å². The molecule has 0 aliphatic heterocycles. The van der Waals surface area contributed by atoms with E-state index in [1.165, 1.54) is 23.3 Å². The summed E-state index contributed by atoms with van der Waals surface area (Å²) in [5, 5.41) is 0. The van der Waals surface area contributed by atoms with Gasteiger partial charge in [0.1, 0.15) is 0 Å². The SMILES string of the molecule is CC1(CSc2ccccc2)CC2CC(C)(C(N)=O)CC(c3ccccc3)(C2)C1. The zero-order valence-corrected chi connectivity index (χ0v) is 17.8. The fraction of sp³-hybridized carbons (Fsp3) is 0.480. The number of benzene rings is 2.